The molecule has 9 nitrogen and oxygen atoms in total. The molecule has 0 radical (unpaired) electrons. The summed E-state index contributed by atoms with van der Waals surface area (Å²) in [5.74, 6) is -0.465. The second-order valence-electron chi connectivity index (χ2n) is 8.17. The van der Waals surface area contributed by atoms with Gasteiger partial charge in [-0.05, 0) is 42.8 Å². The number of esters is 1. The van der Waals surface area contributed by atoms with E-state index in [4.69, 9.17) is 9.47 Å². The highest BCUT2D eigenvalue weighted by atomic mass is 16.5. The molecular weight excluding hydrogens is 412 g/mol. The number of nitrogens with one attached hydrogen (secondary N) is 2. The van der Waals surface area contributed by atoms with Crippen molar-refractivity contribution in [3.05, 3.63) is 58.8 Å². The lowest BCUT2D eigenvalue weighted by atomic mass is 9.95. The number of hydrogen-bond acceptors (Lipinski definition) is 6. The first-order chi connectivity index (χ1) is 15.4. The van der Waals surface area contributed by atoms with Gasteiger partial charge in [0.2, 0.25) is 0 Å². The Hall–Kier alpha value is -3.88. The molecule has 3 aromatic rings. The number of H-pyrrole nitrogens is 1. The Labute approximate surface area is 183 Å². The third kappa shape index (κ3) is 3.26. The molecule has 2 amide bonds. The van der Waals surface area contributed by atoms with E-state index in [1.54, 1.807) is 23.2 Å². The van der Waals surface area contributed by atoms with Gasteiger partial charge in [-0.3, -0.25) is 14.7 Å². The predicted octanol–water partition coefficient (Wildman–Crippen LogP) is 2.41. The number of piperidine rings is 1. The van der Waals surface area contributed by atoms with Crippen LogP contribution >= 0.6 is 0 Å². The number of rotatable bonds is 2. The standard InChI is InChI=1S/C23H22N4O5/c1-13-9-15(10-16-12-24-26-19(13)16)21(29)27-7-5-23(6-8-27)25-20(28)17-11-14(22(30)31-2)3-4-18(17)32-23/h3-4,9-12H,5-8H2,1-2H3,(H,24,26)(H,25,28). The maximum Gasteiger partial charge on any atom is 0.337 e. The number of methoxy groups -OCH3 is 1. The van der Waals surface area contributed by atoms with Crippen LogP contribution < -0.4 is 10.1 Å². The minimum Gasteiger partial charge on any atom is -0.467 e. The van der Waals surface area contributed by atoms with E-state index in [9.17, 15) is 14.4 Å². The summed E-state index contributed by atoms with van der Waals surface area (Å²) in [6.07, 6.45) is 2.62. The number of amides is 2. The Morgan fingerprint density at radius 1 is 1.16 bits per heavy atom. The monoisotopic (exact) mass is 434 g/mol. The SMILES string of the molecule is COC(=O)c1ccc2c(c1)C(=O)NC1(CCN(C(=O)c3cc(C)c4[nH]ncc4c3)CC1)O2. The number of nitrogens with zero attached hydrogens (tertiary/aromatic N) is 2. The summed E-state index contributed by atoms with van der Waals surface area (Å²) < 4.78 is 10.9. The van der Waals surface area contributed by atoms with E-state index in [0.29, 0.717) is 42.8 Å². The third-order valence-corrected chi connectivity index (χ3v) is 6.14. The van der Waals surface area contributed by atoms with E-state index < -0.39 is 11.7 Å². The molecule has 2 N–H and O–H groups in total. The number of carbonyl (C=O) groups is 3. The zero-order valence-electron chi connectivity index (χ0n) is 17.7. The molecule has 32 heavy (non-hydrogen) atoms. The van der Waals surface area contributed by atoms with Crippen LogP contribution in [0.5, 0.6) is 5.75 Å². The second-order valence-corrected chi connectivity index (χ2v) is 8.17. The van der Waals surface area contributed by atoms with Gasteiger partial charge in [0.15, 0.2) is 5.72 Å². The van der Waals surface area contributed by atoms with Crippen molar-refractivity contribution in [1.29, 1.82) is 0 Å². The fourth-order valence-electron chi connectivity index (χ4n) is 4.39. The first-order valence-electron chi connectivity index (χ1n) is 10.4. The fourth-order valence-corrected chi connectivity index (χ4v) is 4.39. The van der Waals surface area contributed by atoms with Gasteiger partial charge in [0.25, 0.3) is 11.8 Å². The summed E-state index contributed by atoms with van der Waals surface area (Å²) in [6, 6.07) is 8.36. The second kappa shape index (κ2) is 7.37. The molecule has 0 bridgehead atoms. The van der Waals surface area contributed by atoms with E-state index >= 15 is 0 Å². The Morgan fingerprint density at radius 3 is 2.69 bits per heavy atom. The summed E-state index contributed by atoms with van der Waals surface area (Å²) in [4.78, 5) is 39.4. The van der Waals surface area contributed by atoms with Gasteiger partial charge in [-0.25, -0.2) is 4.79 Å². The van der Waals surface area contributed by atoms with E-state index in [0.717, 1.165) is 16.5 Å². The molecule has 5 rings (SSSR count). The van der Waals surface area contributed by atoms with Crippen LogP contribution in [0.1, 0.15) is 49.5 Å². The highest BCUT2D eigenvalue weighted by molar-refractivity contribution is 6.01. The van der Waals surface area contributed by atoms with Gasteiger partial charge >= 0.3 is 5.97 Å². The molecule has 1 saturated heterocycles. The number of carbonyl (C=O) groups excluding carboxylic acids is 3. The largest absolute Gasteiger partial charge is 0.467 e. The van der Waals surface area contributed by atoms with Crippen LogP contribution in [-0.2, 0) is 4.74 Å². The normalized spacial score (nSPS) is 16.9. The number of hydrogen-bond donors (Lipinski definition) is 2. The molecule has 1 aromatic heterocycles. The van der Waals surface area contributed by atoms with Crippen LogP contribution in [0.4, 0.5) is 0 Å². The van der Waals surface area contributed by atoms with E-state index in [-0.39, 0.29) is 17.4 Å². The maximum absolute atomic E-state index is 13.1. The van der Waals surface area contributed by atoms with Crippen molar-refractivity contribution in [3.63, 3.8) is 0 Å². The number of aryl methyl sites for hydroxylation is 1. The van der Waals surface area contributed by atoms with Crippen molar-refractivity contribution >= 4 is 28.7 Å². The zero-order valence-corrected chi connectivity index (χ0v) is 17.7. The molecular formula is C23H22N4O5. The van der Waals surface area contributed by atoms with Crippen LogP contribution in [0, 0.1) is 6.92 Å². The third-order valence-electron chi connectivity index (χ3n) is 6.14. The Kier molecular flexibility index (Phi) is 4.61. The van der Waals surface area contributed by atoms with Crippen LogP contribution in [0.3, 0.4) is 0 Å². The van der Waals surface area contributed by atoms with E-state index in [1.807, 2.05) is 19.1 Å². The van der Waals surface area contributed by atoms with Crippen molar-refractivity contribution in [1.82, 2.24) is 20.4 Å². The van der Waals surface area contributed by atoms with Crippen molar-refractivity contribution in [2.75, 3.05) is 20.2 Å². The summed E-state index contributed by atoms with van der Waals surface area (Å²) in [6.45, 7) is 2.82. The smallest absolute Gasteiger partial charge is 0.337 e. The molecule has 1 fully saturated rings. The number of benzene rings is 2. The fraction of sp³-hybridized carbons (Fsp3) is 0.304. The Balaban J connectivity index is 1.32. The lowest BCUT2D eigenvalue weighted by Gasteiger charge is -2.44. The summed E-state index contributed by atoms with van der Waals surface area (Å²) in [7, 11) is 1.29. The molecule has 0 atom stereocenters. The van der Waals surface area contributed by atoms with Crippen LogP contribution in [-0.4, -0.2) is 58.8 Å². The van der Waals surface area contributed by atoms with Crippen molar-refractivity contribution in [2.24, 2.45) is 0 Å². The average Bonchev–Trinajstić information content (AvgIpc) is 3.28. The summed E-state index contributed by atoms with van der Waals surface area (Å²) in [5, 5.41) is 10.8. The molecule has 164 valence electrons. The minimum absolute atomic E-state index is 0.0590. The van der Waals surface area contributed by atoms with E-state index in [1.165, 1.54) is 13.2 Å². The van der Waals surface area contributed by atoms with Crippen molar-refractivity contribution in [2.45, 2.75) is 25.5 Å². The lowest BCUT2D eigenvalue weighted by molar-refractivity contribution is -0.0245. The Morgan fingerprint density at radius 2 is 1.94 bits per heavy atom. The van der Waals surface area contributed by atoms with Gasteiger partial charge in [-0.2, -0.15) is 5.10 Å². The molecule has 1 spiro atoms. The molecule has 3 heterocycles. The number of ether oxygens (including phenoxy) is 2. The van der Waals surface area contributed by atoms with E-state index in [2.05, 4.69) is 15.5 Å². The number of likely N-dealkylation sites (tertiary alicyclic amines) is 1. The van der Waals surface area contributed by atoms with Gasteiger partial charge in [-0.1, -0.05) is 0 Å². The molecule has 0 saturated carbocycles. The molecule has 0 unspecified atom stereocenters. The highest BCUT2D eigenvalue weighted by Gasteiger charge is 2.43. The topological polar surface area (TPSA) is 114 Å². The highest BCUT2D eigenvalue weighted by Crippen LogP contribution is 2.34. The number of fused-ring (bicyclic) bond motifs is 2. The first-order valence-corrected chi connectivity index (χ1v) is 10.4. The first kappa shape index (κ1) is 20.0. The molecule has 9 heteroatoms. The number of aromatic amines is 1. The maximum atomic E-state index is 13.1. The summed E-state index contributed by atoms with van der Waals surface area (Å²) >= 11 is 0. The Bertz CT molecular complexity index is 1260. The van der Waals surface area contributed by atoms with Gasteiger partial charge in [-0.15, -0.1) is 0 Å². The van der Waals surface area contributed by atoms with Crippen LogP contribution in [0.25, 0.3) is 10.9 Å². The molecule has 2 aliphatic rings. The summed E-state index contributed by atoms with van der Waals surface area (Å²) in [5.41, 5.74) is 2.20. The van der Waals surface area contributed by atoms with Crippen LogP contribution in [0.15, 0.2) is 36.5 Å². The number of aromatic nitrogens is 2. The molecule has 0 aliphatic carbocycles. The minimum atomic E-state index is -0.877. The van der Waals surface area contributed by atoms with Crippen molar-refractivity contribution in [3.8, 4) is 5.75 Å². The van der Waals surface area contributed by atoms with Gasteiger partial charge in [0, 0.05) is 36.9 Å². The van der Waals surface area contributed by atoms with Crippen LogP contribution in [0.2, 0.25) is 0 Å². The van der Waals surface area contributed by atoms with Gasteiger partial charge in [0.1, 0.15) is 5.75 Å². The zero-order chi connectivity index (χ0) is 22.5. The quantitative estimate of drug-likeness (QED) is 0.599. The van der Waals surface area contributed by atoms with Gasteiger partial charge in [0.05, 0.1) is 30.0 Å². The van der Waals surface area contributed by atoms with Crippen molar-refractivity contribution < 1.29 is 23.9 Å². The predicted molar refractivity (Wildman–Crippen MR) is 115 cm³/mol. The molecule has 2 aromatic carbocycles. The lowest BCUT2D eigenvalue weighted by Crippen LogP contribution is -2.61. The molecule has 2 aliphatic heterocycles. The van der Waals surface area contributed by atoms with Gasteiger partial charge < -0.3 is 19.7 Å². The average molecular weight is 434 g/mol.